The number of nitrogens with two attached hydrogens (primary N) is 2. The number of carbonyl (C=O) groups is 1. The van der Waals surface area contributed by atoms with E-state index in [1.807, 2.05) is 17.9 Å². The largest absolute Gasteiger partial charge is 0.381 e. The number of nitrogen functional groups attached to an aromatic ring is 1. The lowest BCUT2D eigenvalue weighted by atomic mass is 10.0. The Morgan fingerprint density at radius 2 is 2.15 bits per heavy atom. The van der Waals surface area contributed by atoms with Crippen LogP contribution < -0.4 is 16.4 Å². The van der Waals surface area contributed by atoms with Gasteiger partial charge in [-0.25, -0.2) is 13.9 Å². The molecule has 4 rings (SSSR count). The lowest BCUT2D eigenvalue weighted by Crippen LogP contribution is -2.24. The predicted octanol–water partition coefficient (Wildman–Crippen LogP) is 2.20. The molecular formula is C18H19FN6O. The Labute approximate surface area is 149 Å². The second-order valence-corrected chi connectivity index (χ2v) is 6.55. The lowest BCUT2D eigenvalue weighted by molar-refractivity contribution is 0.100. The van der Waals surface area contributed by atoms with E-state index < -0.39 is 5.91 Å². The van der Waals surface area contributed by atoms with E-state index in [1.165, 1.54) is 10.6 Å². The summed E-state index contributed by atoms with van der Waals surface area (Å²) in [5.41, 5.74) is 13.3. The van der Waals surface area contributed by atoms with Gasteiger partial charge in [0.2, 0.25) is 0 Å². The molecule has 1 aliphatic rings. The first-order valence-electron chi connectivity index (χ1n) is 8.43. The summed E-state index contributed by atoms with van der Waals surface area (Å²) in [7, 11) is 0. The van der Waals surface area contributed by atoms with Crippen molar-refractivity contribution in [2.75, 3.05) is 17.2 Å². The van der Waals surface area contributed by atoms with E-state index >= 15 is 0 Å². The number of benzene rings is 1. The molecule has 0 aliphatic carbocycles. The molecule has 1 amide bonds. The quantitative estimate of drug-likeness (QED) is 0.751. The first kappa shape index (κ1) is 16.3. The van der Waals surface area contributed by atoms with Crippen LogP contribution in [0.15, 0.2) is 30.5 Å². The van der Waals surface area contributed by atoms with Crippen LogP contribution in [-0.2, 0) is 0 Å². The summed E-state index contributed by atoms with van der Waals surface area (Å²) in [6.07, 6.45) is 3.44. The summed E-state index contributed by atoms with van der Waals surface area (Å²) in [6.45, 7) is 2.69. The molecule has 3 heterocycles. The fourth-order valence-corrected chi connectivity index (χ4v) is 3.62. The molecule has 8 heteroatoms. The van der Waals surface area contributed by atoms with E-state index in [9.17, 15) is 9.18 Å². The third kappa shape index (κ3) is 2.54. The molecule has 134 valence electrons. The molecule has 26 heavy (non-hydrogen) atoms. The topological polar surface area (TPSA) is 103 Å². The first-order valence-corrected chi connectivity index (χ1v) is 8.43. The lowest BCUT2D eigenvalue weighted by Gasteiger charge is -2.26. The normalized spacial score (nSPS) is 17.2. The molecule has 7 nitrogen and oxygen atoms in total. The number of fused-ring (bicyclic) bond motifs is 1. The summed E-state index contributed by atoms with van der Waals surface area (Å²) in [5, 5.41) is 4.06. The van der Waals surface area contributed by atoms with Crippen LogP contribution in [0.4, 0.5) is 16.0 Å². The number of anilines is 2. The van der Waals surface area contributed by atoms with Gasteiger partial charge in [0.25, 0.3) is 5.91 Å². The second kappa shape index (κ2) is 5.98. The predicted molar refractivity (Wildman–Crippen MR) is 96.4 cm³/mol. The highest BCUT2D eigenvalue weighted by Gasteiger charge is 2.30. The Morgan fingerprint density at radius 1 is 1.35 bits per heavy atom. The average Bonchev–Trinajstić information content (AvgIpc) is 3.19. The summed E-state index contributed by atoms with van der Waals surface area (Å²) in [6, 6.07) is 6.82. The number of halogens is 1. The zero-order valence-corrected chi connectivity index (χ0v) is 14.3. The molecule has 0 unspecified atom stereocenters. The molecule has 1 aromatic carbocycles. The molecule has 0 bridgehead atoms. The van der Waals surface area contributed by atoms with Crippen LogP contribution in [0, 0.1) is 12.7 Å². The van der Waals surface area contributed by atoms with Crippen molar-refractivity contribution in [1.82, 2.24) is 14.6 Å². The number of aryl methyl sites for hydroxylation is 1. The molecule has 1 saturated heterocycles. The molecular weight excluding hydrogens is 335 g/mol. The zero-order chi connectivity index (χ0) is 18.4. The van der Waals surface area contributed by atoms with Gasteiger partial charge in [0.15, 0.2) is 11.5 Å². The minimum atomic E-state index is -0.676. The van der Waals surface area contributed by atoms with Crippen molar-refractivity contribution in [3.05, 3.63) is 53.0 Å². The Morgan fingerprint density at radius 3 is 2.92 bits per heavy atom. The maximum Gasteiger partial charge on any atom is 0.256 e. The molecule has 0 radical (unpaired) electrons. The number of rotatable bonds is 3. The van der Waals surface area contributed by atoms with Crippen molar-refractivity contribution in [2.24, 2.45) is 5.73 Å². The Balaban J connectivity index is 1.80. The third-order valence-corrected chi connectivity index (χ3v) is 4.80. The van der Waals surface area contributed by atoms with E-state index in [-0.39, 0.29) is 23.2 Å². The van der Waals surface area contributed by atoms with Crippen LogP contribution >= 0.6 is 0 Å². The SMILES string of the molecule is Cc1ccc(F)c([C@H]2CCCN2c2ccn3nc(N)c(C(N)=O)c3n2)c1. The molecule has 3 aromatic rings. The van der Waals surface area contributed by atoms with Crippen LogP contribution in [0.25, 0.3) is 5.65 Å². The minimum Gasteiger partial charge on any atom is -0.381 e. The Bertz CT molecular complexity index is 1010. The number of hydrogen-bond donors (Lipinski definition) is 2. The fourth-order valence-electron chi connectivity index (χ4n) is 3.62. The summed E-state index contributed by atoms with van der Waals surface area (Å²) < 4.78 is 15.8. The molecule has 0 spiro atoms. The van der Waals surface area contributed by atoms with Gasteiger partial charge in [0.05, 0.1) is 6.04 Å². The van der Waals surface area contributed by atoms with Crippen LogP contribution in [0.1, 0.15) is 40.4 Å². The van der Waals surface area contributed by atoms with Gasteiger partial charge in [-0.05, 0) is 31.9 Å². The Kier molecular flexibility index (Phi) is 3.75. The number of primary amides is 1. The second-order valence-electron chi connectivity index (χ2n) is 6.55. The number of nitrogens with zero attached hydrogens (tertiary/aromatic N) is 4. The zero-order valence-electron chi connectivity index (χ0n) is 14.3. The minimum absolute atomic E-state index is 0.0462. The van der Waals surface area contributed by atoms with Crippen LogP contribution in [0.3, 0.4) is 0 Å². The molecule has 2 aromatic heterocycles. The monoisotopic (exact) mass is 354 g/mol. The van der Waals surface area contributed by atoms with E-state index in [0.717, 1.165) is 24.9 Å². The van der Waals surface area contributed by atoms with Gasteiger partial charge >= 0.3 is 0 Å². The van der Waals surface area contributed by atoms with E-state index in [4.69, 9.17) is 11.5 Å². The highest BCUT2D eigenvalue weighted by atomic mass is 19.1. The highest BCUT2D eigenvalue weighted by Crippen LogP contribution is 2.37. The van der Waals surface area contributed by atoms with Crippen LogP contribution in [-0.4, -0.2) is 27.0 Å². The van der Waals surface area contributed by atoms with E-state index in [2.05, 4.69) is 10.1 Å². The molecule has 1 aliphatic heterocycles. The van der Waals surface area contributed by atoms with Crippen molar-refractivity contribution in [1.29, 1.82) is 0 Å². The van der Waals surface area contributed by atoms with Crippen molar-refractivity contribution < 1.29 is 9.18 Å². The fraction of sp³-hybridized carbons (Fsp3) is 0.278. The van der Waals surface area contributed by atoms with Crippen molar-refractivity contribution in [3.63, 3.8) is 0 Å². The van der Waals surface area contributed by atoms with Gasteiger partial charge in [-0.1, -0.05) is 17.7 Å². The van der Waals surface area contributed by atoms with Gasteiger partial charge < -0.3 is 16.4 Å². The van der Waals surface area contributed by atoms with E-state index in [1.54, 1.807) is 18.3 Å². The van der Waals surface area contributed by atoms with Crippen LogP contribution in [0.5, 0.6) is 0 Å². The Hall–Kier alpha value is -3.16. The van der Waals surface area contributed by atoms with Crippen molar-refractivity contribution >= 4 is 23.2 Å². The smallest absolute Gasteiger partial charge is 0.256 e. The number of carbonyl (C=O) groups excluding carboxylic acids is 1. The molecule has 0 saturated carbocycles. The standard InChI is InChI=1S/C18H19FN6O/c1-10-4-5-12(19)11(9-10)13-3-2-7-24(13)14-6-8-25-18(22-14)15(17(21)26)16(20)23-25/h4-6,8-9,13H,2-3,7H2,1H3,(H2,20,23)(H2,21,26)/t13-/m1/s1. The van der Waals surface area contributed by atoms with Gasteiger partial charge in [0, 0.05) is 18.3 Å². The first-order chi connectivity index (χ1) is 12.5. The molecule has 4 N–H and O–H groups in total. The third-order valence-electron chi connectivity index (χ3n) is 4.80. The van der Waals surface area contributed by atoms with Crippen LogP contribution in [0.2, 0.25) is 0 Å². The van der Waals surface area contributed by atoms with Crippen molar-refractivity contribution in [3.8, 4) is 0 Å². The number of amides is 1. The maximum atomic E-state index is 14.4. The summed E-state index contributed by atoms with van der Waals surface area (Å²) in [5.74, 6) is -0.210. The van der Waals surface area contributed by atoms with Gasteiger partial charge in [0.1, 0.15) is 17.2 Å². The number of aromatic nitrogens is 3. The summed E-state index contributed by atoms with van der Waals surface area (Å²) >= 11 is 0. The molecule has 1 atom stereocenters. The maximum absolute atomic E-state index is 14.4. The van der Waals surface area contributed by atoms with E-state index in [0.29, 0.717) is 17.0 Å². The van der Waals surface area contributed by atoms with Gasteiger partial charge in [-0.15, -0.1) is 5.10 Å². The van der Waals surface area contributed by atoms with Crippen molar-refractivity contribution in [2.45, 2.75) is 25.8 Å². The molecule has 1 fully saturated rings. The van der Waals surface area contributed by atoms with Gasteiger partial charge in [-0.3, -0.25) is 4.79 Å². The summed E-state index contributed by atoms with van der Waals surface area (Å²) in [4.78, 5) is 18.3. The van der Waals surface area contributed by atoms with Gasteiger partial charge in [-0.2, -0.15) is 0 Å². The number of hydrogen-bond acceptors (Lipinski definition) is 5. The highest BCUT2D eigenvalue weighted by molar-refractivity contribution is 6.03. The average molecular weight is 354 g/mol.